The molecule has 0 radical (unpaired) electrons. The lowest BCUT2D eigenvalue weighted by atomic mass is 10.0. The van der Waals surface area contributed by atoms with Gasteiger partial charge in [0.25, 0.3) is 0 Å². The summed E-state index contributed by atoms with van der Waals surface area (Å²) in [5, 5.41) is 9.43. The Bertz CT molecular complexity index is 690. The molecule has 1 aromatic rings. The van der Waals surface area contributed by atoms with Crippen LogP contribution in [0.4, 0.5) is 10.5 Å². The predicted octanol–water partition coefficient (Wildman–Crippen LogP) is 1.84. The summed E-state index contributed by atoms with van der Waals surface area (Å²) in [4.78, 5) is 36.5. The highest BCUT2D eigenvalue weighted by Gasteiger charge is 2.41. The molecular weight excluding hydrogens is 300 g/mol. The predicted molar refractivity (Wildman–Crippen MR) is 83.5 cm³/mol. The minimum Gasteiger partial charge on any atom is -0.480 e. The number of rotatable bonds is 2. The Morgan fingerprint density at radius 1 is 1.30 bits per heavy atom. The van der Waals surface area contributed by atoms with E-state index in [4.69, 9.17) is 10.5 Å². The Morgan fingerprint density at radius 2 is 1.91 bits per heavy atom. The van der Waals surface area contributed by atoms with Crippen LogP contribution in [-0.2, 0) is 16.0 Å². The van der Waals surface area contributed by atoms with Gasteiger partial charge in [0, 0.05) is 12.0 Å². The number of nitrogens with zero attached hydrogens (tertiary/aromatic N) is 1. The third kappa shape index (κ3) is 3.28. The summed E-state index contributed by atoms with van der Waals surface area (Å²) in [5.41, 5.74) is 6.54. The maximum absolute atomic E-state index is 12.5. The second-order valence-electron chi connectivity index (χ2n) is 6.56. The molecule has 7 heteroatoms. The molecule has 0 saturated carbocycles. The lowest BCUT2D eigenvalue weighted by Crippen LogP contribution is -2.45. The molecule has 124 valence electrons. The number of primary amides is 1. The Morgan fingerprint density at radius 3 is 2.39 bits per heavy atom. The topological polar surface area (TPSA) is 110 Å². The van der Waals surface area contributed by atoms with E-state index in [0.717, 1.165) is 4.90 Å². The highest BCUT2D eigenvalue weighted by molar-refractivity contribution is 6.01. The number of carboxylic acid groups (broad SMARTS) is 1. The normalized spacial score (nSPS) is 16.9. The van der Waals surface area contributed by atoms with Crippen molar-refractivity contribution in [2.75, 3.05) is 4.90 Å². The van der Waals surface area contributed by atoms with Crippen molar-refractivity contribution >= 4 is 23.7 Å². The Hall–Kier alpha value is -2.57. The number of hydrogen-bond acceptors (Lipinski definition) is 4. The molecule has 1 aliphatic rings. The molecule has 23 heavy (non-hydrogen) atoms. The van der Waals surface area contributed by atoms with Gasteiger partial charge in [0.2, 0.25) is 5.91 Å². The molecule has 1 aromatic carbocycles. The lowest BCUT2D eigenvalue weighted by molar-refractivity contribution is -0.138. The molecule has 1 atom stereocenters. The van der Waals surface area contributed by atoms with Crippen molar-refractivity contribution in [3.05, 3.63) is 28.8 Å². The molecule has 0 spiro atoms. The quantitative estimate of drug-likeness (QED) is 0.864. The molecule has 2 rings (SSSR count). The number of fused-ring (bicyclic) bond motifs is 1. The van der Waals surface area contributed by atoms with Crippen molar-refractivity contribution < 1.29 is 24.2 Å². The summed E-state index contributed by atoms with van der Waals surface area (Å²) in [6, 6.07) is 1.97. The van der Waals surface area contributed by atoms with Crippen LogP contribution in [0.25, 0.3) is 0 Å². The smallest absolute Gasteiger partial charge is 0.415 e. The minimum absolute atomic E-state index is 0.161. The largest absolute Gasteiger partial charge is 0.480 e. The van der Waals surface area contributed by atoms with Crippen LogP contribution in [0.5, 0.6) is 0 Å². The number of nitrogens with two attached hydrogens (primary N) is 1. The summed E-state index contributed by atoms with van der Waals surface area (Å²) in [5.74, 6) is -1.77. The van der Waals surface area contributed by atoms with E-state index in [0.29, 0.717) is 16.8 Å². The van der Waals surface area contributed by atoms with Gasteiger partial charge in [0.15, 0.2) is 0 Å². The van der Waals surface area contributed by atoms with Crippen LogP contribution < -0.4 is 10.6 Å². The molecule has 3 N–H and O–H groups in total. The van der Waals surface area contributed by atoms with Gasteiger partial charge >= 0.3 is 12.1 Å². The number of anilines is 1. The Labute approximate surface area is 134 Å². The van der Waals surface area contributed by atoms with Gasteiger partial charge in [0.05, 0.1) is 5.69 Å². The van der Waals surface area contributed by atoms with Crippen LogP contribution in [0.3, 0.4) is 0 Å². The molecule has 0 unspecified atom stereocenters. The minimum atomic E-state index is -1.13. The summed E-state index contributed by atoms with van der Waals surface area (Å²) >= 11 is 0. The number of benzene rings is 1. The number of carbonyl (C=O) groups excluding carboxylic acids is 2. The summed E-state index contributed by atoms with van der Waals surface area (Å²) in [6.07, 6.45) is -0.598. The Balaban J connectivity index is 2.54. The maximum atomic E-state index is 12.5. The fourth-order valence-corrected chi connectivity index (χ4v) is 2.61. The number of aryl methyl sites for hydroxylation is 1. The fraction of sp³-hybridized carbons (Fsp3) is 0.438. The molecule has 7 nitrogen and oxygen atoms in total. The highest BCUT2D eigenvalue weighted by Crippen LogP contribution is 2.36. The fourth-order valence-electron chi connectivity index (χ4n) is 2.61. The molecular formula is C16H20N2O5. The van der Waals surface area contributed by atoms with Crippen LogP contribution in [-0.4, -0.2) is 34.7 Å². The van der Waals surface area contributed by atoms with Gasteiger partial charge in [-0.05, 0) is 51.0 Å². The van der Waals surface area contributed by atoms with Crippen LogP contribution in [0.1, 0.15) is 42.3 Å². The van der Waals surface area contributed by atoms with Gasteiger partial charge in [-0.1, -0.05) is 0 Å². The van der Waals surface area contributed by atoms with Crippen LogP contribution in [0.2, 0.25) is 0 Å². The van der Waals surface area contributed by atoms with Crippen molar-refractivity contribution in [2.24, 2.45) is 5.73 Å². The zero-order chi connectivity index (χ0) is 17.5. The summed E-state index contributed by atoms with van der Waals surface area (Å²) in [7, 11) is 0. The van der Waals surface area contributed by atoms with Gasteiger partial charge in [-0.25, -0.2) is 9.59 Å². The Kier molecular flexibility index (Phi) is 4.07. The average molecular weight is 320 g/mol. The maximum Gasteiger partial charge on any atom is 0.415 e. The first kappa shape index (κ1) is 16.8. The molecule has 0 bridgehead atoms. The first-order valence-electron chi connectivity index (χ1n) is 7.19. The third-order valence-corrected chi connectivity index (χ3v) is 3.58. The SMILES string of the molecule is Cc1cc(C(N)=O)cc2c1C[C@@H](C(=O)O)N2C(=O)OC(C)(C)C. The van der Waals surface area contributed by atoms with Gasteiger partial charge in [-0.2, -0.15) is 0 Å². The number of carbonyl (C=O) groups is 3. The van der Waals surface area contributed by atoms with Crippen molar-refractivity contribution in [2.45, 2.75) is 45.8 Å². The zero-order valence-corrected chi connectivity index (χ0v) is 13.5. The van der Waals surface area contributed by atoms with Crippen molar-refractivity contribution in [1.29, 1.82) is 0 Å². The van der Waals surface area contributed by atoms with Crippen LogP contribution in [0, 0.1) is 6.92 Å². The number of ether oxygens (including phenoxy) is 1. The van der Waals surface area contributed by atoms with Gasteiger partial charge in [0.1, 0.15) is 11.6 Å². The van der Waals surface area contributed by atoms with Gasteiger partial charge in [-0.3, -0.25) is 9.69 Å². The number of carboxylic acids is 1. The molecule has 1 heterocycles. The van der Waals surface area contributed by atoms with E-state index in [2.05, 4.69) is 0 Å². The van der Waals surface area contributed by atoms with E-state index in [9.17, 15) is 19.5 Å². The average Bonchev–Trinajstić information content (AvgIpc) is 2.76. The van der Waals surface area contributed by atoms with E-state index >= 15 is 0 Å². The molecule has 0 fully saturated rings. The molecule has 0 saturated heterocycles. The van der Waals surface area contributed by atoms with Crippen LogP contribution >= 0.6 is 0 Å². The lowest BCUT2D eigenvalue weighted by Gasteiger charge is -2.27. The highest BCUT2D eigenvalue weighted by atomic mass is 16.6. The molecule has 0 aromatic heterocycles. The standard InChI is InChI=1S/C16H20N2O5/c1-8-5-9(13(17)19)6-11-10(8)7-12(14(20)21)18(11)15(22)23-16(2,3)4/h5-6,12H,7H2,1-4H3,(H2,17,19)(H,20,21)/t12-/m0/s1. The van der Waals surface area contributed by atoms with E-state index in [1.165, 1.54) is 6.07 Å². The number of hydrogen-bond donors (Lipinski definition) is 2. The first-order valence-corrected chi connectivity index (χ1v) is 7.19. The second kappa shape index (κ2) is 5.57. The van der Waals surface area contributed by atoms with Crippen LogP contribution in [0.15, 0.2) is 12.1 Å². The molecule has 2 amide bonds. The van der Waals surface area contributed by atoms with E-state index in [1.54, 1.807) is 33.8 Å². The van der Waals surface area contributed by atoms with Crippen molar-refractivity contribution in [1.82, 2.24) is 0 Å². The second-order valence-corrected chi connectivity index (χ2v) is 6.56. The third-order valence-electron chi connectivity index (χ3n) is 3.58. The van der Waals surface area contributed by atoms with E-state index in [1.807, 2.05) is 0 Å². The molecule has 1 aliphatic heterocycles. The number of amides is 2. The van der Waals surface area contributed by atoms with Gasteiger partial charge in [-0.15, -0.1) is 0 Å². The number of aliphatic carboxylic acids is 1. The van der Waals surface area contributed by atoms with Crippen molar-refractivity contribution in [3.63, 3.8) is 0 Å². The zero-order valence-electron chi connectivity index (χ0n) is 13.5. The monoisotopic (exact) mass is 320 g/mol. The molecule has 0 aliphatic carbocycles. The first-order chi connectivity index (χ1) is 10.5. The van der Waals surface area contributed by atoms with E-state index in [-0.39, 0.29) is 12.0 Å². The van der Waals surface area contributed by atoms with Gasteiger partial charge < -0.3 is 15.6 Å². The summed E-state index contributed by atoms with van der Waals surface area (Å²) < 4.78 is 5.31. The summed E-state index contributed by atoms with van der Waals surface area (Å²) in [6.45, 7) is 6.84. The van der Waals surface area contributed by atoms with E-state index < -0.39 is 29.6 Å². The van der Waals surface area contributed by atoms with Crippen molar-refractivity contribution in [3.8, 4) is 0 Å².